The van der Waals surface area contributed by atoms with Crippen molar-refractivity contribution in [1.82, 2.24) is 10.3 Å². The summed E-state index contributed by atoms with van der Waals surface area (Å²) in [6.07, 6.45) is 2.67. The molecule has 1 aromatic rings. The van der Waals surface area contributed by atoms with E-state index in [1.807, 2.05) is 0 Å². The Kier molecular flexibility index (Phi) is 3.81. The number of nitrogens with zero attached hydrogens (tertiary/aromatic N) is 1. The van der Waals surface area contributed by atoms with Gasteiger partial charge in [0.25, 0.3) is 0 Å². The van der Waals surface area contributed by atoms with Gasteiger partial charge in [0.05, 0.1) is 11.9 Å². The summed E-state index contributed by atoms with van der Waals surface area (Å²) in [5, 5.41) is 6.09. The summed E-state index contributed by atoms with van der Waals surface area (Å²) < 4.78 is 5.55. The van der Waals surface area contributed by atoms with Gasteiger partial charge >= 0.3 is 0 Å². The summed E-state index contributed by atoms with van der Waals surface area (Å²) in [6, 6.07) is 2.09. The van der Waals surface area contributed by atoms with Gasteiger partial charge in [-0.15, -0.1) is 0 Å². The minimum atomic E-state index is -0.188. The van der Waals surface area contributed by atoms with E-state index in [-0.39, 0.29) is 11.1 Å². The molecule has 0 bridgehead atoms. The zero-order valence-electron chi connectivity index (χ0n) is 9.50. The van der Waals surface area contributed by atoms with Crippen LogP contribution in [-0.2, 0) is 4.79 Å². The lowest BCUT2D eigenvalue weighted by Gasteiger charge is -2.27. The van der Waals surface area contributed by atoms with Gasteiger partial charge in [-0.1, -0.05) is 11.6 Å². The number of hydrogen-bond donors (Lipinski definition) is 2. The van der Waals surface area contributed by atoms with E-state index >= 15 is 0 Å². The molecule has 1 aliphatic heterocycles. The van der Waals surface area contributed by atoms with Gasteiger partial charge in [0.15, 0.2) is 5.15 Å². The molecule has 1 amide bonds. The number of hydrogen-bond acceptors (Lipinski definition) is 4. The number of rotatable bonds is 4. The Morgan fingerprint density at radius 3 is 3.12 bits per heavy atom. The Balaban J connectivity index is 1.99. The summed E-state index contributed by atoms with van der Waals surface area (Å²) in [5.41, 5.74) is 0.471. The Morgan fingerprint density at radius 1 is 1.76 bits per heavy atom. The van der Waals surface area contributed by atoms with E-state index in [0.29, 0.717) is 24.1 Å². The molecule has 2 heterocycles. The van der Waals surface area contributed by atoms with Crippen molar-refractivity contribution in [3.05, 3.63) is 17.4 Å². The van der Waals surface area contributed by atoms with Gasteiger partial charge in [0.1, 0.15) is 12.4 Å². The maximum Gasteiger partial charge on any atom is 0.221 e. The fraction of sp³-hybridized carbons (Fsp3) is 0.455. The van der Waals surface area contributed by atoms with Crippen LogP contribution in [-0.4, -0.2) is 30.1 Å². The van der Waals surface area contributed by atoms with Gasteiger partial charge in [0.2, 0.25) is 5.91 Å². The van der Waals surface area contributed by atoms with Crippen LogP contribution in [0.2, 0.25) is 5.15 Å². The quantitative estimate of drug-likeness (QED) is 0.799. The van der Waals surface area contributed by atoms with E-state index in [4.69, 9.17) is 16.3 Å². The highest BCUT2D eigenvalue weighted by molar-refractivity contribution is 6.32. The van der Waals surface area contributed by atoms with E-state index < -0.39 is 0 Å². The third kappa shape index (κ3) is 3.31. The van der Waals surface area contributed by atoms with E-state index in [1.54, 1.807) is 12.3 Å². The van der Waals surface area contributed by atoms with Crippen LogP contribution in [0.25, 0.3) is 0 Å². The van der Waals surface area contributed by atoms with E-state index in [0.717, 1.165) is 13.0 Å². The average Bonchev–Trinajstić information content (AvgIpc) is 2.19. The van der Waals surface area contributed by atoms with Crippen LogP contribution in [0.5, 0.6) is 5.75 Å². The predicted octanol–water partition coefficient (Wildman–Crippen LogP) is 1.43. The molecule has 0 spiro atoms. The second-order valence-corrected chi connectivity index (χ2v) is 4.30. The van der Waals surface area contributed by atoms with Crippen LogP contribution in [0.15, 0.2) is 12.3 Å². The third-order valence-electron chi connectivity index (χ3n) is 2.50. The van der Waals surface area contributed by atoms with Crippen molar-refractivity contribution in [2.24, 2.45) is 0 Å². The van der Waals surface area contributed by atoms with Gasteiger partial charge in [0, 0.05) is 19.0 Å². The first-order valence-corrected chi connectivity index (χ1v) is 5.82. The van der Waals surface area contributed by atoms with Crippen molar-refractivity contribution in [3.8, 4) is 5.75 Å². The molecule has 1 aromatic heterocycles. The number of amides is 1. The number of carbonyl (C=O) groups is 1. The van der Waals surface area contributed by atoms with Gasteiger partial charge in [-0.05, 0) is 13.0 Å². The van der Waals surface area contributed by atoms with Crippen LogP contribution in [0, 0.1) is 0 Å². The molecule has 0 radical (unpaired) electrons. The zero-order chi connectivity index (χ0) is 12.3. The van der Waals surface area contributed by atoms with E-state index in [1.165, 1.54) is 6.92 Å². The standard InChI is InChI=1S/C11H14ClN3O2/c1-7(16)15-10-4-9(5-14-11(10)12)17-6-8-2-3-13-8/h4-5,8,13H,2-3,6H2,1H3,(H,15,16). The lowest BCUT2D eigenvalue weighted by molar-refractivity contribution is -0.114. The summed E-state index contributed by atoms with van der Waals surface area (Å²) in [6.45, 7) is 3.06. The van der Waals surface area contributed by atoms with Crippen molar-refractivity contribution >= 4 is 23.2 Å². The Bertz CT molecular complexity index is 421. The largest absolute Gasteiger partial charge is 0.490 e. The number of nitrogens with one attached hydrogen (secondary N) is 2. The topological polar surface area (TPSA) is 63.2 Å². The maximum absolute atomic E-state index is 10.9. The van der Waals surface area contributed by atoms with Crippen LogP contribution >= 0.6 is 11.6 Å². The molecule has 6 heteroatoms. The first-order chi connectivity index (χ1) is 8.15. The smallest absolute Gasteiger partial charge is 0.221 e. The Labute approximate surface area is 105 Å². The molecule has 17 heavy (non-hydrogen) atoms. The molecule has 0 saturated carbocycles. The van der Waals surface area contributed by atoms with E-state index in [9.17, 15) is 4.79 Å². The van der Waals surface area contributed by atoms with Gasteiger partial charge < -0.3 is 15.4 Å². The van der Waals surface area contributed by atoms with Crippen molar-refractivity contribution in [2.45, 2.75) is 19.4 Å². The molecule has 1 unspecified atom stereocenters. The number of pyridine rings is 1. The number of carbonyl (C=O) groups excluding carboxylic acids is 1. The molecular formula is C11H14ClN3O2. The Morgan fingerprint density at radius 2 is 2.53 bits per heavy atom. The second-order valence-electron chi connectivity index (χ2n) is 3.94. The molecule has 1 aliphatic rings. The molecule has 0 aliphatic carbocycles. The molecule has 2 rings (SSSR count). The lowest BCUT2D eigenvalue weighted by atomic mass is 10.1. The molecular weight excluding hydrogens is 242 g/mol. The summed E-state index contributed by atoms with van der Waals surface area (Å²) in [7, 11) is 0. The summed E-state index contributed by atoms with van der Waals surface area (Å²) >= 11 is 5.85. The number of halogens is 1. The first-order valence-electron chi connectivity index (χ1n) is 5.44. The van der Waals surface area contributed by atoms with E-state index in [2.05, 4.69) is 15.6 Å². The zero-order valence-corrected chi connectivity index (χ0v) is 10.3. The van der Waals surface area contributed by atoms with Crippen molar-refractivity contribution in [1.29, 1.82) is 0 Å². The van der Waals surface area contributed by atoms with Crippen LogP contribution in [0.3, 0.4) is 0 Å². The van der Waals surface area contributed by atoms with Gasteiger partial charge in [-0.25, -0.2) is 4.98 Å². The molecule has 1 atom stereocenters. The third-order valence-corrected chi connectivity index (χ3v) is 2.80. The van der Waals surface area contributed by atoms with Gasteiger partial charge in [-0.2, -0.15) is 0 Å². The molecule has 1 saturated heterocycles. The minimum Gasteiger partial charge on any atom is -0.490 e. The monoisotopic (exact) mass is 255 g/mol. The number of ether oxygens (including phenoxy) is 1. The second kappa shape index (κ2) is 5.33. The Hall–Kier alpha value is -1.33. The maximum atomic E-state index is 10.9. The highest BCUT2D eigenvalue weighted by Crippen LogP contribution is 2.24. The van der Waals surface area contributed by atoms with Crippen molar-refractivity contribution in [3.63, 3.8) is 0 Å². The minimum absolute atomic E-state index is 0.188. The van der Waals surface area contributed by atoms with Crippen LogP contribution < -0.4 is 15.4 Å². The molecule has 0 aromatic carbocycles. The molecule has 5 nitrogen and oxygen atoms in total. The normalized spacial score (nSPS) is 18.4. The number of anilines is 1. The fourth-order valence-corrected chi connectivity index (χ4v) is 1.62. The molecule has 1 fully saturated rings. The van der Waals surface area contributed by atoms with Crippen molar-refractivity contribution in [2.75, 3.05) is 18.5 Å². The summed E-state index contributed by atoms with van der Waals surface area (Å²) in [4.78, 5) is 14.9. The number of aromatic nitrogens is 1. The van der Waals surface area contributed by atoms with Crippen LogP contribution in [0.4, 0.5) is 5.69 Å². The molecule has 92 valence electrons. The highest BCUT2D eigenvalue weighted by Gasteiger charge is 2.17. The summed E-state index contributed by atoms with van der Waals surface area (Å²) in [5.74, 6) is 0.415. The average molecular weight is 256 g/mol. The fourth-order valence-electron chi connectivity index (χ4n) is 1.47. The predicted molar refractivity (Wildman–Crippen MR) is 65.5 cm³/mol. The van der Waals surface area contributed by atoms with Crippen LogP contribution in [0.1, 0.15) is 13.3 Å². The van der Waals surface area contributed by atoms with Gasteiger partial charge in [-0.3, -0.25) is 4.79 Å². The highest BCUT2D eigenvalue weighted by atomic mass is 35.5. The lowest BCUT2D eigenvalue weighted by Crippen LogP contribution is -2.46. The SMILES string of the molecule is CC(=O)Nc1cc(OCC2CCN2)cnc1Cl. The molecule has 2 N–H and O–H groups in total. The van der Waals surface area contributed by atoms with Crippen molar-refractivity contribution < 1.29 is 9.53 Å². The first kappa shape index (κ1) is 12.1.